The zero-order chi connectivity index (χ0) is 13.8. The molecule has 0 radical (unpaired) electrons. The number of likely N-dealkylation sites (tertiary alicyclic amines) is 1. The van der Waals surface area contributed by atoms with Gasteiger partial charge in [-0.15, -0.1) is 11.3 Å². The Morgan fingerprint density at radius 1 is 1.47 bits per heavy atom. The second-order valence-corrected chi connectivity index (χ2v) is 6.49. The molecule has 1 aromatic heterocycles. The molecule has 1 aromatic rings. The maximum atomic E-state index is 12.0. The number of thiazole rings is 1. The molecule has 0 aliphatic carbocycles. The highest BCUT2D eigenvalue weighted by Gasteiger charge is 2.18. The first-order chi connectivity index (χ1) is 9.08. The van der Waals surface area contributed by atoms with Gasteiger partial charge in [-0.25, -0.2) is 4.98 Å². The van der Waals surface area contributed by atoms with E-state index < -0.39 is 0 Å². The Balaban J connectivity index is 1.79. The number of aromatic nitrogens is 1. The number of amides is 1. The van der Waals surface area contributed by atoms with Crippen LogP contribution in [0.3, 0.4) is 0 Å². The van der Waals surface area contributed by atoms with Gasteiger partial charge in [0.1, 0.15) is 4.88 Å². The molecule has 1 aliphatic heterocycles. The molecule has 1 fully saturated rings. The molecule has 1 N–H and O–H groups in total. The molecule has 0 aromatic carbocycles. The molecule has 1 aliphatic rings. The van der Waals surface area contributed by atoms with Crippen molar-refractivity contribution in [2.24, 2.45) is 0 Å². The van der Waals surface area contributed by atoms with Crippen molar-refractivity contribution in [3.63, 3.8) is 0 Å². The molecular weight excluding hydrogens is 258 g/mol. The van der Waals surface area contributed by atoms with Crippen molar-refractivity contribution >= 4 is 17.2 Å². The van der Waals surface area contributed by atoms with E-state index in [4.69, 9.17) is 0 Å². The second-order valence-electron chi connectivity index (χ2n) is 5.28. The fourth-order valence-electron chi connectivity index (χ4n) is 2.63. The van der Waals surface area contributed by atoms with Crippen LogP contribution in [-0.4, -0.2) is 41.5 Å². The first-order valence-corrected chi connectivity index (χ1v) is 7.86. The Morgan fingerprint density at radius 3 is 2.89 bits per heavy atom. The fraction of sp³-hybridized carbons (Fsp3) is 0.714. The normalized spacial score (nSPS) is 20.5. The summed E-state index contributed by atoms with van der Waals surface area (Å²) in [5.74, 6) is 0.0211. The lowest BCUT2D eigenvalue weighted by Crippen LogP contribution is -2.42. The van der Waals surface area contributed by atoms with Crippen LogP contribution in [0.1, 0.15) is 46.6 Å². The minimum absolute atomic E-state index is 0.0211. The number of carbonyl (C=O) groups is 1. The molecule has 0 spiro atoms. The van der Waals surface area contributed by atoms with Gasteiger partial charge in [-0.1, -0.05) is 6.42 Å². The van der Waals surface area contributed by atoms with Gasteiger partial charge in [-0.05, 0) is 40.2 Å². The Hall–Kier alpha value is -0.940. The Labute approximate surface area is 119 Å². The van der Waals surface area contributed by atoms with Crippen LogP contribution in [0.4, 0.5) is 0 Å². The number of hydrogen-bond acceptors (Lipinski definition) is 4. The van der Waals surface area contributed by atoms with Crippen molar-refractivity contribution in [1.82, 2.24) is 15.2 Å². The summed E-state index contributed by atoms with van der Waals surface area (Å²) in [6.07, 6.45) is 3.90. The van der Waals surface area contributed by atoms with Gasteiger partial charge >= 0.3 is 0 Å². The highest BCUT2D eigenvalue weighted by molar-refractivity contribution is 7.13. The van der Waals surface area contributed by atoms with E-state index in [1.807, 2.05) is 13.8 Å². The lowest BCUT2D eigenvalue weighted by Gasteiger charge is -2.33. The third-order valence-corrected chi connectivity index (χ3v) is 4.81. The maximum absolute atomic E-state index is 12.0. The molecule has 19 heavy (non-hydrogen) atoms. The highest BCUT2D eigenvalue weighted by Crippen LogP contribution is 2.17. The number of aryl methyl sites for hydroxylation is 2. The van der Waals surface area contributed by atoms with Gasteiger partial charge in [0.2, 0.25) is 0 Å². The zero-order valence-corrected chi connectivity index (χ0v) is 12.8. The molecule has 0 unspecified atom stereocenters. The van der Waals surface area contributed by atoms with E-state index >= 15 is 0 Å². The number of carbonyl (C=O) groups excluding carboxylic acids is 1. The summed E-state index contributed by atoms with van der Waals surface area (Å²) in [6, 6.07) is 0.651. The monoisotopic (exact) mass is 281 g/mol. The molecule has 1 saturated heterocycles. The van der Waals surface area contributed by atoms with Crippen LogP contribution in [0, 0.1) is 13.8 Å². The van der Waals surface area contributed by atoms with Crippen LogP contribution < -0.4 is 5.32 Å². The summed E-state index contributed by atoms with van der Waals surface area (Å²) in [4.78, 5) is 19.6. The largest absolute Gasteiger partial charge is 0.350 e. The molecule has 2 heterocycles. The predicted molar refractivity (Wildman–Crippen MR) is 78.8 cm³/mol. The van der Waals surface area contributed by atoms with E-state index in [-0.39, 0.29) is 5.91 Å². The molecule has 5 heteroatoms. The summed E-state index contributed by atoms with van der Waals surface area (Å²) < 4.78 is 0. The van der Waals surface area contributed by atoms with E-state index in [0.717, 1.165) is 35.2 Å². The number of piperidine rings is 1. The predicted octanol–water partition coefficient (Wildman–Crippen LogP) is 2.36. The van der Waals surface area contributed by atoms with Crippen molar-refractivity contribution in [1.29, 1.82) is 0 Å². The van der Waals surface area contributed by atoms with E-state index in [1.54, 1.807) is 0 Å². The third kappa shape index (κ3) is 3.76. The van der Waals surface area contributed by atoms with Crippen molar-refractivity contribution in [2.75, 3.05) is 19.6 Å². The molecule has 1 atom stereocenters. The minimum atomic E-state index is 0.0211. The van der Waals surface area contributed by atoms with E-state index in [9.17, 15) is 4.79 Å². The lowest BCUT2D eigenvalue weighted by atomic mass is 10.0. The Bertz CT molecular complexity index is 444. The first-order valence-electron chi connectivity index (χ1n) is 7.04. The number of rotatable bonds is 4. The van der Waals surface area contributed by atoms with Crippen LogP contribution in [0.2, 0.25) is 0 Å². The standard InChI is InChI=1S/C14H23N3OS/c1-10-6-4-5-8-17(10)9-7-15-14(18)13-11(2)16-12(3)19-13/h10H,4-9H2,1-3H3,(H,15,18)/t10-/m1/s1. The van der Waals surface area contributed by atoms with E-state index in [0.29, 0.717) is 6.04 Å². The topological polar surface area (TPSA) is 45.2 Å². The maximum Gasteiger partial charge on any atom is 0.263 e. The third-order valence-electron chi connectivity index (χ3n) is 3.73. The fourth-order valence-corrected chi connectivity index (χ4v) is 3.46. The quantitative estimate of drug-likeness (QED) is 0.921. The summed E-state index contributed by atoms with van der Waals surface area (Å²) in [6.45, 7) is 8.94. The van der Waals surface area contributed by atoms with E-state index in [1.165, 1.54) is 30.6 Å². The second kappa shape index (κ2) is 6.48. The summed E-state index contributed by atoms with van der Waals surface area (Å²) in [5, 5.41) is 3.96. The van der Waals surface area contributed by atoms with Crippen LogP contribution >= 0.6 is 11.3 Å². The van der Waals surface area contributed by atoms with E-state index in [2.05, 4.69) is 22.1 Å². The van der Waals surface area contributed by atoms with Gasteiger partial charge in [0, 0.05) is 19.1 Å². The van der Waals surface area contributed by atoms with Gasteiger partial charge in [0.15, 0.2) is 0 Å². The van der Waals surface area contributed by atoms with Crippen LogP contribution in [0.5, 0.6) is 0 Å². The summed E-state index contributed by atoms with van der Waals surface area (Å²) >= 11 is 1.47. The molecule has 1 amide bonds. The Morgan fingerprint density at radius 2 is 2.26 bits per heavy atom. The highest BCUT2D eigenvalue weighted by atomic mass is 32.1. The smallest absolute Gasteiger partial charge is 0.263 e. The summed E-state index contributed by atoms with van der Waals surface area (Å²) in [7, 11) is 0. The average molecular weight is 281 g/mol. The van der Waals surface area contributed by atoms with Gasteiger partial charge in [-0.3, -0.25) is 9.69 Å². The van der Waals surface area contributed by atoms with Gasteiger partial charge in [-0.2, -0.15) is 0 Å². The molecule has 106 valence electrons. The van der Waals surface area contributed by atoms with Crippen molar-refractivity contribution in [3.8, 4) is 0 Å². The molecule has 0 bridgehead atoms. The lowest BCUT2D eigenvalue weighted by molar-refractivity contribution is 0.0941. The van der Waals surface area contributed by atoms with Gasteiger partial charge < -0.3 is 5.32 Å². The molecular formula is C14H23N3OS. The number of nitrogens with one attached hydrogen (secondary N) is 1. The Kier molecular flexibility index (Phi) is 4.93. The molecule has 0 saturated carbocycles. The van der Waals surface area contributed by atoms with Crippen LogP contribution in [-0.2, 0) is 0 Å². The van der Waals surface area contributed by atoms with Gasteiger partial charge in [0.25, 0.3) is 5.91 Å². The number of nitrogens with zero attached hydrogens (tertiary/aromatic N) is 2. The van der Waals surface area contributed by atoms with Gasteiger partial charge in [0.05, 0.1) is 10.7 Å². The average Bonchev–Trinajstić information content (AvgIpc) is 2.71. The SMILES string of the molecule is Cc1nc(C)c(C(=O)NCCN2CCCC[C@H]2C)s1. The molecule has 4 nitrogen and oxygen atoms in total. The summed E-state index contributed by atoms with van der Waals surface area (Å²) in [5.41, 5.74) is 0.839. The zero-order valence-electron chi connectivity index (χ0n) is 12.0. The first kappa shape index (κ1) is 14.5. The minimum Gasteiger partial charge on any atom is -0.350 e. The van der Waals surface area contributed by atoms with Crippen molar-refractivity contribution < 1.29 is 4.79 Å². The van der Waals surface area contributed by atoms with Crippen LogP contribution in [0.25, 0.3) is 0 Å². The van der Waals surface area contributed by atoms with Crippen LogP contribution in [0.15, 0.2) is 0 Å². The van der Waals surface area contributed by atoms with Crippen molar-refractivity contribution in [3.05, 3.63) is 15.6 Å². The number of hydrogen-bond donors (Lipinski definition) is 1. The van der Waals surface area contributed by atoms with Crippen molar-refractivity contribution in [2.45, 2.75) is 46.1 Å². The molecule has 2 rings (SSSR count).